The Balaban J connectivity index is 2.51. The Kier molecular flexibility index (Phi) is 3.50. The van der Waals surface area contributed by atoms with Gasteiger partial charge in [-0.3, -0.25) is 0 Å². The Morgan fingerprint density at radius 1 is 1.11 bits per heavy atom. The molecule has 5 nitrogen and oxygen atoms in total. The van der Waals surface area contributed by atoms with Crippen LogP contribution in [-0.2, 0) is 0 Å². The fourth-order valence-corrected chi connectivity index (χ4v) is 1.66. The summed E-state index contributed by atoms with van der Waals surface area (Å²) in [6, 6.07) is 1.83. The summed E-state index contributed by atoms with van der Waals surface area (Å²) in [6.07, 6.45) is 1.73. The predicted molar refractivity (Wildman–Crippen MR) is 71.4 cm³/mol. The molecular formula is C13H17N5. The average molecular weight is 243 g/mol. The molecule has 94 valence electrons. The van der Waals surface area contributed by atoms with Crippen molar-refractivity contribution in [2.24, 2.45) is 0 Å². The molecule has 0 aliphatic carbocycles. The molecule has 5 heteroatoms. The lowest BCUT2D eigenvalue weighted by Crippen LogP contribution is -2.06. The number of hydrogen-bond donors (Lipinski definition) is 1. The van der Waals surface area contributed by atoms with E-state index in [-0.39, 0.29) is 0 Å². The van der Waals surface area contributed by atoms with Gasteiger partial charge in [0.25, 0.3) is 0 Å². The van der Waals surface area contributed by atoms with Crippen LogP contribution < -0.4 is 5.32 Å². The highest BCUT2D eigenvalue weighted by Crippen LogP contribution is 2.19. The van der Waals surface area contributed by atoms with Gasteiger partial charge in [0.2, 0.25) is 0 Å². The average Bonchev–Trinajstić information content (AvgIpc) is 2.35. The first-order chi connectivity index (χ1) is 8.61. The van der Waals surface area contributed by atoms with E-state index in [1.165, 1.54) is 0 Å². The van der Waals surface area contributed by atoms with Crippen molar-refractivity contribution in [1.29, 1.82) is 0 Å². The second kappa shape index (κ2) is 5.08. The molecule has 18 heavy (non-hydrogen) atoms. The number of aromatic nitrogens is 4. The monoisotopic (exact) mass is 243 g/mol. The van der Waals surface area contributed by atoms with Crippen LogP contribution in [0.1, 0.15) is 24.0 Å². The molecule has 0 atom stereocenters. The summed E-state index contributed by atoms with van der Waals surface area (Å²) < 4.78 is 0. The molecule has 0 spiro atoms. The van der Waals surface area contributed by atoms with E-state index in [0.29, 0.717) is 5.82 Å². The van der Waals surface area contributed by atoms with Crippen LogP contribution in [0.25, 0.3) is 11.5 Å². The van der Waals surface area contributed by atoms with Gasteiger partial charge < -0.3 is 5.32 Å². The van der Waals surface area contributed by atoms with E-state index in [2.05, 4.69) is 25.3 Å². The summed E-state index contributed by atoms with van der Waals surface area (Å²) in [5, 5.41) is 3.25. The van der Waals surface area contributed by atoms with Crippen LogP contribution in [-0.4, -0.2) is 26.5 Å². The third-order valence-corrected chi connectivity index (χ3v) is 2.74. The lowest BCUT2D eigenvalue weighted by atomic mass is 10.2. The molecule has 2 rings (SSSR count). The molecule has 0 unspecified atom stereocenters. The largest absolute Gasteiger partial charge is 0.370 e. The van der Waals surface area contributed by atoms with Crippen molar-refractivity contribution in [3.63, 3.8) is 0 Å². The van der Waals surface area contributed by atoms with Gasteiger partial charge in [0, 0.05) is 24.0 Å². The molecule has 0 aromatic carbocycles. The zero-order chi connectivity index (χ0) is 13.1. The van der Waals surface area contributed by atoms with Crippen LogP contribution in [0.15, 0.2) is 12.3 Å². The van der Waals surface area contributed by atoms with Crippen LogP contribution in [0, 0.1) is 20.8 Å². The minimum Gasteiger partial charge on any atom is -0.370 e. The van der Waals surface area contributed by atoms with E-state index >= 15 is 0 Å². The number of aryl methyl sites for hydroxylation is 2. The highest BCUT2D eigenvalue weighted by molar-refractivity contribution is 5.55. The maximum absolute atomic E-state index is 4.52. The summed E-state index contributed by atoms with van der Waals surface area (Å²) in [5.41, 5.74) is 2.79. The zero-order valence-corrected chi connectivity index (χ0v) is 11.2. The third kappa shape index (κ3) is 2.45. The van der Waals surface area contributed by atoms with E-state index < -0.39 is 0 Å². The Hall–Kier alpha value is -2.04. The molecule has 0 radical (unpaired) electrons. The normalized spacial score (nSPS) is 10.4. The van der Waals surface area contributed by atoms with Gasteiger partial charge in [-0.2, -0.15) is 0 Å². The SMILES string of the molecule is CCNc1nc(-c2ccnc(C)n2)nc(C)c1C. The molecule has 0 fully saturated rings. The van der Waals surface area contributed by atoms with Crippen molar-refractivity contribution in [1.82, 2.24) is 19.9 Å². The van der Waals surface area contributed by atoms with Gasteiger partial charge in [-0.05, 0) is 33.8 Å². The van der Waals surface area contributed by atoms with Gasteiger partial charge in [0.15, 0.2) is 5.82 Å². The second-order valence-corrected chi connectivity index (χ2v) is 4.13. The molecule has 2 aromatic rings. The quantitative estimate of drug-likeness (QED) is 0.896. The lowest BCUT2D eigenvalue weighted by molar-refractivity contribution is 1.00. The summed E-state index contributed by atoms with van der Waals surface area (Å²) in [6.45, 7) is 8.73. The van der Waals surface area contributed by atoms with E-state index in [9.17, 15) is 0 Å². The van der Waals surface area contributed by atoms with Gasteiger partial charge in [-0.15, -0.1) is 0 Å². The smallest absolute Gasteiger partial charge is 0.180 e. The molecule has 0 aliphatic rings. The molecule has 0 amide bonds. The third-order valence-electron chi connectivity index (χ3n) is 2.74. The molecule has 2 aromatic heterocycles. The van der Waals surface area contributed by atoms with Gasteiger partial charge >= 0.3 is 0 Å². The van der Waals surface area contributed by atoms with E-state index in [4.69, 9.17) is 0 Å². The van der Waals surface area contributed by atoms with E-state index in [1.54, 1.807) is 6.20 Å². The fraction of sp³-hybridized carbons (Fsp3) is 0.385. The highest BCUT2D eigenvalue weighted by Gasteiger charge is 2.10. The van der Waals surface area contributed by atoms with Crippen LogP contribution in [0.5, 0.6) is 0 Å². The number of nitrogens with zero attached hydrogens (tertiary/aromatic N) is 4. The summed E-state index contributed by atoms with van der Waals surface area (Å²) in [4.78, 5) is 17.4. The summed E-state index contributed by atoms with van der Waals surface area (Å²) in [5.74, 6) is 2.23. The Morgan fingerprint density at radius 3 is 2.56 bits per heavy atom. The van der Waals surface area contributed by atoms with E-state index in [1.807, 2.05) is 33.8 Å². The molecule has 0 saturated carbocycles. The van der Waals surface area contributed by atoms with Crippen molar-refractivity contribution in [3.05, 3.63) is 29.3 Å². The van der Waals surface area contributed by atoms with Crippen molar-refractivity contribution in [2.75, 3.05) is 11.9 Å². The van der Waals surface area contributed by atoms with Crippen LogP contribution in [0.2, 0.25) is 0 Å². The van der Waals surface area contributed by atoms with Gasteiger partial charge in [0.05, 0.1) is 0 Å². The van der Waals surface area contributed by atoms with Crippen LogP contribution in [0.3, 0.4) is 0 Å². The van der Waals surface area contributed by atoms with E-state index in [0.717, 1.165) is 35.1 Å². The standard InChI is InChI=1S/C13H17N5/c1-5-14-12-8(2)9(3)16-13(18-12)11-6-7-15-10(4)17-11/h6-7H,5H2,1-4H3,(H,14,16,18). The minimum absolute atomic E-state index is 0.638. The van der Waals surface area contributed by atoms with Gasteiger partial charge in [-0.1, -0.05) is 0 Å². The molecule has 0 saturated heterocycles. The topological polar surface area (TPSA) is 63.6 Å². The number of nitrogens with one attached hydrogen (secondary N) is 1. The molecular weight excluding hydrogens is 226 g/mol. The number of anilines is 1. The Morgan fingerprint density at radius 2 is 1.89 bits per heavy atom. The number of hydrogen-bond acceptors (Lipinski definition) is 5. The maximum atomic E-state index is 4.52. The molecule has 0 bridgehead atoms. The molecule has 2 heterocycles. The van der Waals surface area contributed by atoms with Crippen molar-refractivity contribution >= 4 is 5.82 Å². The maximum Gasteiger partial charge on any atom is 0.180 e. The molecule has 0 aliphatic heterocycles. The van der Waals surface area contributed by atoms with Crippen molar-refractivity contribution in [3.8, 4) is 11.5 Å². The highest BCUT2D eigenvalue weighted by atomic mass is 15.0. The Labute approximate surface area is 107 Å². The van der Waals surface area contributed by atoms with Crippen molar-refractivity contribution in [2.45, 2.75) is 27.7 Å². The predicted octanol–water partition coefficient (Wildman–Crippen LogP) is 2.29. The summed E-state index contributed by atoms with van der Waals surface area (Å²) >= 11 is 0. The lowest BCUT2D eigenvalue weighted by Gasteiger charge is -2.10. The van der Waals surface area contributed by atoms with Gasteiger partial charge in [-0.25, -0.2) is 19.9 Å². The number of rotatable bonds is 3. The first-order valence-electron chi connectivity index (χ1n) is 6.01. The Bertz CT molecular complexity index is 565. The summed E-state index contributed by atoms with van der Waals surface area (Å²) in [7, 11) is 0. The van der Waals surface area contributed by atoms with Crippen molar-refractivity contribution < 1.29 is 0 Å². The van der Waals surface area contributed by atoms with Gasteiger partial charge in [0.1, 0.15) is 17.3 Å². The fourth-order valence-electron chi connectivity index (χ4n) is 1.66. The second-order valence-electron chi connectivity index (χ2n) is 4.13. The first-order valence-corrected chi connectivity index (χ1v) is 6.01. The van der Waals surface area contributed by atoms with Crippen LogP contribution in [0.4, 0.5) is 5.82 Å². The zero-order valence-electron chi connectivity index (χ0n) is 11.2. The molecule has 1 N–H and O–H groups in total. The first kappa shape index (κ1) is 12.4. The van der Waals surface area contributed by atoms with Crippen LogP contribution >= 0.6 is 0 Å². The minimum atomic E-state index is 0.638.